The van der Waals surface area contributed by atoms with E-state index in [1.165, 1.54) is 4.90 Å². The number of carbonyl (C=O) groups excluding carboxylic acids is 1. The zero-order valence-electron chi connectivity index (χ0n) is 15.7. The number of benzene rings is 2. The van der Waals surface area contributed by atoms with E-state index >= 15 is 0 Å². The van der Waals surface area contributed by atoms with Crippen molar-refractivity contribution < 1.29 is 9.21 Å². The fourth-order valence-electron chi connectivity index (χ4n) is 3.74. The van der Waals surface area contributed by atoms with Crippen LogP contribution in [-0.2, 0) is 0 Å². The predicted molar refractivity (Wildman–Crippen MR) is 119 cm³/mol. The number of aromatic nitrogens is 1. The van der Waals surface area contributed by atoms with E-state index < -0.39 is 11.9 Å². The van der Waals surface area contributed by atoms with E-state index in [9.17, 15) is 9.59 Å². The summed E-state index contributed by atoms with van der Waals surface area (Å²) in [6.45, 7) is 1.92. The number of rotatable bonds is 2. The smallest absolute Gasteiger partial charge is 0.296 e. The van der Waals surface area contributed by atoms with Crippen molar-refractivity contribution in [1.82, 2.24) is 4.98 Å². The molecule has 4 aromatic rings. The third-order valence-corrected chi connectivity index (χ3v) is 5.91. The fraction of sp³-hybridized carbons (Fsp3) is 0.0870. The van der Waals surface area contributed by atoms with Gasteiger partial charge in [-0.05, 0) is 54.4 Å². The van der Waals surface area contributed by atoms with E-state index in [1.54, 1.807) is 54.7 Å². The highest BCUT2D eigenvalue weighted by Gasteiger charge is 2.44. The van der Waals surface area contributed by atoms with Gasteiger partial charge in [0.25, 0.3) is 5.91 Å². The highest BCUT2D eigenvalue weighted by molar-refractivity contribution is 9.10. The molecular formula is C23H14BrClN2O3. The highest BCUT2D eigenvalue weighted by Crippen LogP contribution is 2.40. The van der Waals surface area contributed by atoms with Crippen LogP contribution in [0, 0.1) is 6.92 Å². The monoisotopic (exact) mass is 480 g/mol. The summed E-state index contributed by atoms with van der Waals surface area (Å²) in [6.07, 6.45) is 1.69. The number of aryl methyl sites for hydroxylation is 1. The Morgan fingerprint density at radius 2 is 1.83 bits per heavy atom. The Labute approximate surface area is 185 Å². The van der Waals surface area contributed by atoms with Crippen molar-refractivity contribution in [3.05, 3.63) is 103 Å². The van der Waals surface area contributed by atoms with Gasteiger partial charge in [-0.15, -0.1) is 0 Å². The van der Waals surface area contributed by atoms with E-state index in [1.807, 2.05) is 13.0 Å². The van der Waals surface area contributed by atoms with E-state index in [4.69, 9.17) is 16.0 Å². The Bertz CT molecular complexity index is 1360. The Morgan fingerprint density at radius 3 is 2.53 bits per heavy atom. The zero-order chi connectivity index (χ0) is 21.0. The van der Waals surface area contributed by atoms with Crippen LogP contribution in [0.1, 0.15) is 33.3 Å². The number of amides is 1. The number of nitrogens with zero attached hydrogens (tertiary/aromatic N) is 2. The summed E-state index contributed by atoms with van der Waals surface area (Å²) in [5.74, 6) is 0.0851. The average Bonchev–Trinajstić information content (AvgIpc) is 3.03. The quantitative estimate of drug-likeness (QED) is 0.370. The van der Waals surface area contributed by atoms with Gasteiger partial charge in [-0.1, -0.05) is 45.7 Å². The van der Waals surface area contributed by atoms with Gasteiger partial charge in [-0.2, -0.15) is 0 Å². The maximum absolute atomic E-state index is 13.5. The lowest BCUT2D eigenvalue weighted by Crippen LogP contribution is -2.30. The van der Waals surface area contributed by atoms with Crippen LogP contribution in [0.4, 0.5) is 5.82 Å². The first-order valence-corrected chi connectivity index (χ1v) is 10.4. The summed E-state index contributed by atoms with van der Waals surface area (Å²) in [5.41, 5.74) is 2.14. The number of hydrogen-bond acceptors (Lipinski definition) is 4. The minimum atomic E-state index is -0.667. The van der Waals surface area contributed by atoms with Crippen molar-refractivity contribution in [2.24, 2.45) is 0 Å². The second-order valence-corrected chi connectivity index (χ2v) is 8.49. The molecule has 0 N–H and O–H groups in total. The number of hydrogen-bond donors (Lipinski definition) is 0. The SMILES string of the molecule is Cc1ccc(N2C(=O)c3oc4ccc(Br)cc4c(=O)c3C2c2ccc(Cl)cc2)nc1. The van der Waals surface area contributed by atoms with Gasteiger partial charge in [-0.25, -0.2) is 4.98 Å². The number of halogens is 2. The highest BCUT2D eigenvalue weighted by atomic mass is 79.9. The molecule has 5 nitrogen and oxygen atoms in total. The lowest BCUT2D eigenvalue weighted by Gasteiger charge is -2.24. The molecular weight excluding hydrogens is 468 g/mol. The molecule has 1 amide bonds. The molecule has 3 heterocycles. The van der Waals surface area contributed by atoms with Crippen LogP contribution in [0.25, 0.3) is 11.0 Å². The molecule has 0 aliphatic carbocycles. The van der Waals surface area contributed by atoms with Crippen molar-refractivity contribution in [3.8, 4) is 0 Å². The van der Waals surface area contributed by atoms with Crippen molar-refractivity contribution >= 4 is 50.2 Å². The first-order chi connectivity index (χ1) is 14.4. The Morgan fingerprint density at radius 1 is 1.07 bits per heavy atom. The van der Waals surface area contributed by atoms with Crippen LogP contribution in [0.5, 0.6) is 0 Å². The van der Waals surface area contributed by atoms with Gasteiger partial charge in [0.1, 0.15) is 11.4 Å². The van der Waals surface area contributed by atoms with Gasteiger partial charge >= 0.3 is 0 Å². The molecule has 5 rings (SSSR count). The van der Waals surface area contributed by atoms with E-state index in [-0.39, 0.29) is 11.2 Å². The lowest BCUT2D eigenvalue weighted by atomic mass is 9.98. The third kappa shape index (κ3) is 2.95. The largest absolute Gasteiger partial charge is 0.450 e. The molecule has 30 heavy (non-hydrogen) atoms. The molecule has 148 valence electrons. The number of fused-ring (bicyclic) bond motifs is 2. The summed E-state index contributed by atoms with van der Waals surface area (Å²) in [6, 6.07) is 15.2. The van der Waals surface area contributed by atoms with Crippen molar-refractivity contribution in [2.75, 3.05) is 4.90 Å². The molecule has 2 aromatic carbocycles. The molecule has 0 fully saturated rings. The lowest BCUT2D eigenvalue weighted by molar-refractivity contribution is 0.0970. The molecule has 0 bridgehead atoms. The molecule has 1 atom stereocenters. The van der Waals surface area contributed by atoms with Crippen LogP contribution in [0.3, 0.4) is 0 Å². The minimum Gasteiger partial charge on any atom is -0.450 e. The molecule has 0 saturated heterocycles. The third-order valence-electron chi connectivity index (χ3n) is 5.16. The predicted octanol–water partition coefficient (Wildman–Crippen LogP) is 5.66. The van der Waals surface area contributed by atoms with Crippen molar-refractivity contribution in [2.45, 2.75) is 13.0 Å². The van der Waals surface area contributed by atoms with Crippen LogP contribution in [-0.4, -0.2) is 10.9 Å². The summed E-state index contributed by atoms with van der Waals surface area (Å²) < 4.78 is 6.69. The number of anilines is 1. The Hall–Kier alpha value is -2.96. The van der Waals surface area contributed by atoms with Crippen molar-refractivity contribution in [3.63, 3.8) is 0 Å². The van der Waals surface area contributed by atoms with Gasteiger partial charge < -0.3 is 4.42 Å². The van der Waals surface area contributed by atoms with Gasteiger partial charge in [0.15, 0.2) is 5.43 Å². The molecule has 1 aliphatic rings. The van der Waals surface area contributed by atoms with Gasteiger partial charge in [-0.3, -0.25) is 14.5 Å². The molecule has 1 unspecified atom stereocenters. The summed E-state index contributed by atoms with van der Waals surface area (Å²) in [5, 5.41) is 0.978. The summed E-state index contributed by atoms with van der Waals surface area (Å²) in [4.78, 5) is 32.8. The molecule has 7 heteroatoms. The topological polar surface area (TPSA) is 63.4 Å². The minimum absolute atomic E-state index is 0.0390. The molecule has 1 aliphatic heterocycles. The summed E-state index contributed by atoms with van der Waals surface area (Å²) >= 11 is 9.47. The van der Waals surface area contributed by atoms with Gasteiger partial charge in [0.05, 0.1) is 17.0 Å². The second-order valence-electron chi connectivity index (χ2n) is 7.14. The first kappa shape index (κ1) is 19.0. The second kappa shape index (κ2) is 7.07. The maximum atomic E-state index is 13.5. The molecule has 0 saturated carbocycles. The summed E-state index contributed by atoms with van der Waals surface area (Å²) in [7, 11) is 0. The van der Waals surface area contributed by atoms with Crippen molar-refractivity contribution in [1.29, 1.82) is 0 Å². The van der Waals surface area contributed by atoms with Crippen LogP contribution in [0.15, 0.2) is 74.5 Å². The molecule has 0 radical (unpaired) electrons. The number of carbonyl (C=O) groups is 1. The fourth-order valence-corrected chi connectivity index (χ4v) is 4.23. The van der Waals surface area contributed by atoms with Crippen LogP contribution in [0.2, 0.25) is 5.02 Å². The van der Waals surface area contributed by atoms with E-state index in [0.717, 1.165) is 15.6 Å². The normalized spacial score (nSPS) is 15.6. The maximum Gasteiger partial charge on any atom is 0.296 e. The molecule has 2 aromatic heterocycles. The number of pyridine rings is 1. The zero-order valence-corrected chi connectivity index (χ0v) is 18.1. The van der Waals surface area contributed by atoms with Gasteiger partial charge in [0.2, 0.25) is 5.76 Å². The standard InChI is InChI=1S/C23H14BrClN2O3/c1-12-2-9-18(26-11-12)27-20(13-3-6-15(25)7-4-13)19-21(28)16-10-14(24)5-8-17(16)30-22(19)23(27)29/h2-11,20H,1H3. The average molecular weight is 482 g/mol. The Balaban J connectivity index is 1.81. The van der Waals surface area contributed by atoms with Crippen LogP contribution >= 0.6 is 27.5 Å². The van der Waals surface area contributed by atoms with E-state index in [2.05, 4.69) is 20.9 Å². The van der Waals surface area contributed by atoms with E-state index in [0.29, 0.717) is 27.4 Å². The van der Waals surface area contributed by atoms with Crippen LogP contribution < -0.4 is 10.3 Å². The molecule has 0 spiro atoms. The first-order valence-electron chi connectivity index (χ1n) is 9.22. The van der Waals surface area contributed by atoms with Gasteiger partial charge in [0, 0.05) is 15.7 Å². The Kier molecular flexibility index (Phi) is 4.49.